The normalized spacial score (nSPS) is 25.6. The largest absolute Gasteiger partial charge is 0.493 e. The second kappa shape index (κ2) is 8.07. The van der Waals surface area contributed by atoms with Crippen LogP contribution in [0.1, 0.15) is 25.7 Å². The standard InChI is InChI=1S/C18H22BrN3O3/c1-24-17-9-12(19)4-7-16(17)25-11-13-5-6-15(21-13)18(23)22-8-2-3-14(22)10-20/h4,7,9,13-15,21H,2-3,5-6,8,11H2,1H3/t13-,14?,15+/m1/s1. The Labute approximate surface area is 156 Å². The molecule has 2 saturated heterocycles. The number of likely N-dealkylation sites (tertiary alicyclic amines) is 1. The van der Waals surface area contributed by atoms with Gasteiger partial charge in [0.05, 0.1) is 19.2 Å². The van der Waals surface area contributed by atoms with Crippen molar-refractivity contribution >= 4 is 21.8 Å². The Balaban J connectivity index is 1.53. The van der Waals surface area contributed by atoms with Gasteiger partial charge in [0, 0.05) is 17.1 Å². The van der Waals surface area contributed by atoms with Gasteiger partial charge in [0.2, 0.25) is 5.91 Å². The van der Waals surface area contributed by atoms with Gasteiger partial charge in [-0.05, 0) is 43.9 Å². The summed E-state index contributed by atoms with van der Waals surface area (Å²) in [4.78, 5) is 14.3. The van der Waals surface area contributed by atoms with Crippen molar-refractivity contribution in [2.24, 2.45) is 0 Å². The molecule has 6 nitrogen and oxygen atoms in total. The Morgan fingerprint density at radius 1 is 1.40 bits per heavy atom. The number of nitrogens with zero attached hydrogens (tertiary/aromatic N) is 2. The molecule has 7 heteroatoms. The average molecular weight is 408 g/mol. The molecule has 0 aliphatic carbocycles. The lowest BCUT2D eigenvalue weighted by atomic mass is 10.1. The van der Waals surface area contributed by atoms with Crippen molar-refractivity contribution in [1.82, 2.24) is 10.2 Å². The van der Waals surface area contributed by atoms with E-state index in [4.69, 9.17) is 14.7 Å². The number of hydrogen-bond donors (Lipinski definition) is 1. The maximum Gasteiger partial charge on any atom is 0.240 e. The maximum atomic E-state index is 12.6. The Hall–Kier alpha value is -1.78. The number of amides is 1. The summed E-state index contributed by atoms with van der Waals surface area (Å²) in [5, 5.41) is 12.5. The van der Waals surface area contributed by atoms with E-state index in [-0.39, 0.29) is 24.0 Å². The molecule has 3 rings (SSSR count). The van der Waals surface area contributed by atoms with E-state index in [0.29, 0.717) is 24.7 Å². The summed E-state index contributed by atoms with van der Waals surface area (Å²) in [6.45, 7) is 1.16. The van der Waals surface area contributed by atoms with Crippen molar-refractivity contribution in [3.63, 3.8) is 0 Å². The molecule has 0 bridgehead atoms. The number of carbonyl (C=O) groups is 1. The van der Waals surface area contributed by atoms with Gasteiger partial charge in [0.15, 0.2) is 11.5 Å². The predicted molar refractivity (Wildman–Crippen MR) is 96.5 cm³/mol. The molecule has 2 heterocycles. The molecule has 1 amide bonds. The molecular formula is C18H22BrN3O3. The number of ether oxygens (including phenoxy) is 2. The van der Waals surface area contributed by atoms with Crippen molar-refractivity contribution in [1.29, 1.82) is 5.26 Å². The fourth-order valence-corrected chi connectivity index (χ4v) is 3.80. The maximum absolute atomic E-state index is 12.6. The molecule has 0 aromatic heterocycles. The Morgan fingerprint density at radius 3 is 3.00 bits per heavy atom. The Bertz CT molecular complexity index is 676. The lowest BCUT2D eigenvalue weighted by molar-refractivity contribution is -0.133. The molecule has 25 heavy (non-hydrogen) atoms. The fourth-order valence-electron chi connectivity index (χ4n) is 3.46. The smallest absolute Gasteiger partial charge is 0.240 e. The number of nitriles is 1. The van der Waals surface area contributed by atoms with E-state index in [1.165, 1.54) is 0 Å². The van der Waals surface area contributed by atoms with Gasteiger partial charge in [-0.1, -0.05) is 15.9 Å². The van der Waals surface area contributed by atoms with Crippen molar-refractivity contribution in [2.75, 3.05) is 20.3 Å². The molecule has 0 saturated carbocycles. The van der Waals surface area contributed by atoms with Crippen LogP contribution in [0.5, 0.6) is 11.5 Å². The molecule has 3 atom stereocenters. The van der Waals surface area contributed by atoms with Crippen LogP contribution in [0.25, 0.3) is 0 Å². The van der Waals surface area contributed by atoms with E-state index in [0.717, 1.165) is 30.2 Å². The quantitative estimate of drug-likeness (QED) is 0.811. The van der Waals surface area contributed by atoms with Crippen LogP contribution in [-0.2, 0) is 4.79 Å². The summed E-state index contributed by atoms with van der Waals surface area (Å²) in [5.74, 6) is 1.41. The molecule has 0 spiro atoms. The van der Waals surface area contributed by atoms with Gasteiger partial charge < -0.3 is 14.4 Å². The lowest BCUT2D eigenvalue weighted by Gasteiger charge is -2.24. The topological polar surface area (TPSA) is 74.6 Å². The number of nitrogens with one attached hydrogen (secondary N) is 1. The second-order valence-corrected chi connectivity index (χ2v) is 7.33. The minimum absolute atomic E-state index is 0.0489. The molecular weight excluding hydrogens is 386 g/mol. The molecule has 134 valence electrons. The fraction of sp³-hybridized carbons (Fsp3) is 0.556. The van der Waals surface area contributed by atoms with Gasteiger partial charge in [-0.3, -0.25) is 10.1 Å². The third kappa shape index (κ3) is 4.07. The van der Waals surface area contributed by atoms with E-state index < -0.39 is 0 Å². The van der Waals surface area contributed by atoms with E-state index >= 15 is 0 Å². The van der Waals surface area contributed by atoms with Crippen molar-refractivity contribution in [2.45, 2.75) is 43.8 Å². The summed E-state index contributed by atoms with van der Waals surface area (Å²) in [6.07, 6.45) is 3.34. The lowest BCUT2D eigenvalue weighted by Crippen LogP contribution is -2.47. The monoisotopic (exact) mass is 407 g/mol. The van der Waals surface area contributed by atoms with Gasteiger partial charge in [-0.25, -0.2) is 0 Å². The summed E-state index contributed by atoms with van der Waals surface area (Å²) in [7, 11) is 1.61. The van der Waals surface area contributed by atoms with Crippen LogP contribution >= 0.6 is 15.9 Å². The first-order valence-electron chi connectivity index (χ1n) is 8.55. The first-order chi connectivity index (χ1) is 12.1. The van der Waals surface area contributed by atoms with Crippen LogP contribution in [0.4, 0.5) is 0 Å². The SMILES string of the molecule is COc1cc(Br)ccc1OC[C@H]1CC[C@@H](C(=O)N2CCCC2C#N)N1. The second-order valence-electron chi connectivity index (χ2n) is 6.42. The van der Waals surface area contributed by atoms with Crippen molar-refractivity contribution in [3.8, 4) is 17.6 Å². The van der Waals surface area contributed by atoms with Gasteiger partial charge in [-0.2, -0.15) is 5.26 Å². The van der Waals surface area contributed by atoms with Crippen LogP contribution in [0.3, 0.4) is 0 Å². The third-order valence-electron chi connectivity index (χ3n) is 4.79. The highest BCUT2D eigenvalue weighted by Crippen LogP contribution is 2.30. The number of hydrogen-bond acceptors (Lipinski definition) is 5. The molecule has 1 aromatic rings. The van der Waals surface area contributed by atoms with Crippen LogP contribution in [0.15, 0.2) is 22.7 Å². The highest BCUT2D eigenvalue weighted by molar-refractivity contribution is 9.10. The number of benzene rings is 1. The summed E-state index contributed by atoms with van der Waals surface area (Å²) >= 11 is 3.41. The molecule has 1 N–H and O–H groups in total. The van der Waals surface area contributed by atoms with E-state index in [1.807, 2.05) is 18.2 Å². The highest BCUT2D eigenvalue weighted by Gasteiger charge is 2.36. The number of rotatable bonds is 5. The molecule has 2 aliphatic heterocycles. The summed E-state index contributed by atoms with van der Waals surface area (Å²) in [5.41, 5.74) is 0. The predicted octanol–water partition coefficient (Wildman–Crippen LogP) is 2.47. The summed E-state index contributed by atoms with van der Waals surface area (Å²) < 4.78 is 12.1. The highest BCUT2D eigenvalue weighted by atomic mass is 79.9. The molecule has 1 aromatic carbocycles. The Kier molecular flexibility index (Phi) is 5.82. The zero-order valence-corrected chi connectivity index (χ0v) is 15.8. The molecule has 0 radical (unpaired) electrons. The van der Waals surface area contributed by atoms with Gasteiger partial charge in [0.25, 0.3) is 0 Å². The van der Waals surface area contributed by atoms with Gasteiger partial charge in [-0.15, -0.1) is 0 Å². The van der Waals surface area contributed by atoms with Gasteiger partial charge in [0.1, 0.15) is 12.6 Å². The zero-order chi connectivity index (χ0) is 17.8. The number of halogens is 1. The van der Waals surface area contributed by atoms with Crippen LogP contribution in [0.2, 0.25) is 0 Å². The summed E-state index contributed by atoms with van der Waals surface area (Å²) in [6, 6.07) is 7.49. The minimum atomic E-state index is -0.267. The first-order valence-corrected chi connectivity index (χ1v) is 9.34. The average Bonchev–Trinajstić information content (AvgIpc) is 3.29. The van der Waals surface area contributed by atoms with E-state index in [9.17, 15) is 4.79 Å². The number of methoxy groups -OCH3 is 1. The van der Waals surface area contributed by atoms with E-state index in [2.05, 4.69) is 27.3 Å². The first kappa shape index (κ1) is 18.0. The zero-order valence-electron chi connectivity index (χ0n) is 14.2. The molecule has 2 fully saturated rings. The molecule has 2 aliphatic rings. The van der Waals surface area contributed by atoms with Crippen molar-refractivity contribution in [3.05, 3.63) is 22.7 Å². The van der Waals surface area contributed by atoms with E-state index in [1.54, 1.807) is 12.0 Å². The number of carbonyl (C=O) groups excluding carboxylic acids is 1. The third-order valence-corrected chi connectivity index (χ3v) is 5.28. The van der Waals surface area contributed by atoms with Gasteiger partial charge >= 0.3 is 0 Å². The van der Waals surface area contributed by atoms with Crippen LogP contribution in [0, 0.1) is 11.3 Å². The molecule has 1 unspecified atom stereocenters. The van der Waals surface area contributed by atoms with Crippen LogP contribution < -0.4 is 14.8 Å². The van der Waals surface area contributed by atoms with Crippen molar-refractivity contribution < 1.29 is 14.3 Å². The van der Waals surface area contributed by atoms with Crippen LogP contribution in [-0.4, -0.2) is 49.2 Å². The Morgan fingerprint density at radius 2 is 2.24 bits per heavy atom. The minimum Gasteiger partial charge on any atom is -0.493 e.